The summed E-state index contributed by atoms with van der Waals surface area (Å²) in [5, 5.41) is 13.0. The Hall–Kier alpha value is -2.56. The predicted molar refractivity (Wildman–Crippen MR) is 126 cm³/mol. The molecule has 0 radical (unpaired) electrons. The molecule has 2 aromatic heterocycles. The lowest BCUT2D eigenvalue weighted by atomic mass is 10.2. The number of amides is 1. The molecular formula is C21H23ClN4O4S2. The molecule has 11 heteroatoms. The second kappa shape index (κ2) is 10.8. The van der Waals surface area contributed by atoms with Crippen LogP contribution in [0.1, 0.15) is 33.5 Å². The largest absolute Gasteiger partial charge is 0.486 e. The van der Waals surface area contributed by atoms with E-state index in [1.807, 2.05) is 31.4 Å². The smallest absolute Gasteiger partial charge is 0.340 e. The van der Waals surface area contributed by atoms with Crippen molar-refractivity contribution in [3.8, 4) is 5.75 Å². The zero-order valence-electron chi connectivity index (χ0n) is 18.1. The zero-order valence-corrected chi connectivity index (χ0v) is 20.5. The van der Waals surface area contributed by atoms with E-state index in [-0.39, 0.29) is 18.3 Å². The molecule has 32 heavy (non-hydrogen) atoms. The van der Waals surface area contributed by atoms with E-state index in [9.17, 15) is 9.59 Å². The van der Waals surface area contributed by atoms with Crippen molar-refractivity contribution in [1.82, 2.24) is 14.8 Å². The van der Waals surface area contributed by atoms with Crippen LogP contribution in [0.2, 0.25) is 5.02 Å². The number of ether oxygens (including phenoxy) is 2. The number of nitrogens with one attached hydrogen (secondary N) is 1. The van der Waals surface area contributed by atoms with E-state index in [2.05, 4.69) is 15.5 Å². The standard InChI is InChI=1S/C21H23ClN4O4S2/c1-5-26-17(10-30-14-6-7-16(22)12(2)8-14)24-25-21(26)31-11-18(27)23-19-15(20(28)29-4)9-13(3)32-19/h6-9H,5,10-11H2,1-4H3,(H,23,27). The summed E-state index contributed by atoms with van der Waals surface area (Å²) in [4.78, 5) is 25.2. The highest BCUT2D eigenvalue weighted by molar-refractivity contribution is 7.99. The molecule has 3 rings (SSSR count). The lowest BCUT2D eigenvalue weighted by molar-refractivity contribution is -0.113. The average molecular weight is 495 g/mol. The molecule has 0 saturated carbocycles. The predicted octanol–water partition coefficient (Wildman–Crippen LogP) is 4.73. The number of hydrogen-bond acceptors (Lipinski definition) is 8. The summed E-state index contributed by atoms with van der Waals surface area (Å²) in [6.45, 7) is 6.62. The number of benzene rings is 1. The van der Waals surface area contributed by atoms with E-state index in [1.54, 1.807) is 18.2 Å². The van der Waals surface area contributed by atoms with E-state index >= 15 is 0 Å². The number of esters is 1. The Balaban J connectivity index is 1.61. The number of hydrogen-bond donors (Lipinski definition) is 1. The van der Waals surface area contributed by atoms with Gasteiger partial charge in [0, 0.05) is 16.4 Å². The quantitative estimate of drug-likeness (QED) is 0.339. The Bertz CT molecular complexity index is 1130. The van der Waals surface area contributed by atoms with Crippen LogP contribution >= 0.6 is 34.7 Å². The number of anilines is 1. The molecule has 8 nitrogen and oxygen atoms in total. The van der Waals surface area contributed by atoms with Crippen LogP contribution < -0.4 is 10.1 Å². The van der Waals surface area contributed by atoms with Crippen LogP contribution in [0.5, 0.6) is 5.75 Å². The molecule has 0 unspecified atom stereocenters. The topological polar surface area (TPSA) is 95.3 Å². The number of aromatic nitrogens is 3. The number of carbonyl (C=O) groups excluding carboxylic acids is 2. The first-order valence-electron chi connectivity index (χ1n) is 9.74. The zero-order chi connectivity index (χ0) is 23.3. The molecular weight excluding hydrogens is 472 g/mol. The van der Waals surface area contributed by atoms with Crippen LogP contribution in [0.3, 0.4) is 0 Å². The number of halogens is 1. The minimum Gasteiger partial charge on any atom is -0.486 e. The maximum absolute atomic E-state index is 12.5. The summed E-state index contributed by atoms with van der Waals surface area (Å²) in [7, 11) is 1.31. The number of thioether (sulfide) groups is 1. The fourth-order valence-electron chi connectivity index (χ4n) is 2.87. The van der Waals surface area contributed by atoms with Gasteiger partial charge in [-0.2, -0.15) is 0 Å². The third-order valence-electron chi connectivity index (χ3n) is 4.45. The van der Waals surface area contributed by atoms with Gasteiger partial charge in [0.05, 0.1) is 18.4 Å². The average Bonchev–Trinajstić information content (AvgIpc) is 3.34. The minimum absolute atomic E-state index is 0.118. The van der Waals surface area contributed by atoms with E-state index < -0.39 is 5.97 Å². The summed E-state index contributed by atoms with van der Waals surface area (Å²) in [6.07, 6.45) is 0. The number of rotatable bonds is 9. The van der Waals surface area contributed by atoms with E-state index in [1.165, 1.54) is 30.2 Å². The van der Waals surface area contributed by atoms with Gasteiger partial charge in [-0.15, -0.1) is 21.5 Å². The highest BCUT2D eigenvalue weighted by Gasteiger charge is 2.19. The molecule has 0 aliphatic rings. The number of aryl methyl sites for hydroxylation is 2. The maximum Gasteiger partial charge on any atom is 0.340 e. The second-order valence-corrected chi connectivity index (χ2v) is 9.38. The highest BCUT2D eigenvalue weighted by atomic mass is 35.5. The van der Waals surface area contributed by atoms with Gasteiger partial charge in [0.2, 0.25) is 5.91 Å². The normalized spacial score (nSPS) is 10.8. The Kier molecular flexibility index (Phi) is 8.16. The number of methoxy groups -OCH3 is 1. The molecule has 0 bridgehead atoms. The van der Waals surface area contributed by atoms with Crippen LogP contribution in [-0.2, 0) is 22.7 Å². The van der Waals surface area contributed by atoms with E-state index in [0.717, 1.165) is 10.4 Å². The van der Waals surface area contributed by atoms with Gasteiger partial charge in [-0.3, -0.25) is 4.79 Å². The van der Waals surface area contributed by atoms with Crippen LogP contribution in [0.4, 0.5) is 5.00 Å². The van der Waals surface area contributed by atoms with Gasteiger partial charge in [-0.25, -0.2) is 4.79 Å². The second-order valence-electron chi connectivity index (χ2n) is 6.77. The Labute approximate surface area is 199 Å². The van der Waals surface area contributed by atoms with Gasteiger partial charge >= 0.3 is 5.97 Å². The van der Waals surface area contributed by atoms with Crippen molar-refractivity contribution in [3.63, 3.8) is 0 Å². The first kappa shape index (κ1) is 24.1. The molecule has 1 amide bonds. The fourth-order valence-corrected chi connectivity index (χ4v) is 4.72. The first-order valence-corrected chi connectivity index (χ1v) is 11.9. The van der Waals surface area contributed by atoms with Crippen molar-refractivity contribution in [2.45, 2.75) is 39.1 Å². The van der Waals surface area contributed by atoms with Crippen LogP contribution in [0, 0.1) is 13.8 Å². The summed E-state index contributed by atoms with van der Waals surface area (Å²) < 4.78 is 12.5. The van der Waals surface area contributed by atoms with Crippen molar-refractivity contribution in [2.75, 3.05) is 18.2 Å². The molecule has 170 valence electrons. The molecule has 0 atom stereocenters. The highest BCUT2D eigenvalue weighted by Crippen LogP contribution is 2.29. The molecule has 3 aromatic rings. The Morgan fingerprint density at radius 3 is 2.72 bits per heavy atom. The van der Waals surface area contributed by atoms with E-state index in [0.29, 0.717) is 38.9 Å². The molecule has 2 heterocycles. The number of nitrogens with zero attached hydrogens (tertiary/aromatic N) is 3. The summed E-state index contributed by atoms with van der Waals surface area (Å²) in [6, 6.07) is 7.15. The molecule has 1 N–H and O–H groups in total. The SMILES string of the molecule is CCn1c(COc2ccc(Cl)c(C)c2)nnc1SCC(=O)Nc1sc(C)cc1C(=O)OC. The number of thiophene rings is 1. The van der Waals surface area contributed by atoms with Crippen LogP contribution in [-0.4, -0.2) is 39.5 Å². The maximum atomic E-state index is 12.5. The fraction of sp³-hybridized carbons (Fsp3) is 0.333. The molecule has 0 aliphatic heterocycles. The van der Waals surface area contributed by atoms with E-state index in [4.69, 9.17) is 21.1 Å². The van der Waals surface area contributed by atoms with Crippen molar-refractivity contribution >= 4 is 51.6 Å². The monoisotopic (exact) mass is 494 g/mol. The summed E-state index contributed by atoms with van der Waals surface area (Å²) >= 11 is 8.64. The van der Waals surface area contributed by atoms with Gasteiger partial charge in [0.15, 0.2) is 11.0 Å². The summed E-state index contributed by atoms with van der Waals surface area (Å²) in [5.74, 6) is 0.738. The van der Waals surface area contributed by atoms with Gasteiger partial charge in [-0.05, 0) is 50.6 Å². The Morgan fingerprint density at radius 2 is 2.03 bits per heavy atom. The molecule has 0 fully saturated rings. The summed E-state index contributed by atoms with van der Waals surface area (Å²) in [5.41, 5.74) is 1.28. The molecule has 0 saturated heterocycles. The molecule has 1 aromatic carbocycles. The third-order valence-corrected chi connectivity index (χ3v) is 6.81. The minimum atomic E-state index is -0.483. The van der Waals surface area contributed by atoms with Crippen molar-refractivity contribution in [1.29, 1.82) is 0 Å². The van der Waals surface area contributed by atoms with Crippen molar-refractivity contribution in [3.05, 3.63) is 51.1 Å². The van der Waals surface area contributed by atoms with Crippen LogP contribution in [0.15, 0.2) is 29.4 Å². The van der Waals surface area contributed by atoms with Gasteiger partial charge in [0.1, 0.15) is 17.4 Å². The lowest BCUT2D eigenvalue weighted by Gasteiger charge is -2.10. The Morgan fingerprint density at radius 1 is 1.25 bits per heavy atom. The van der Waals surface area contributed by atoms with Crippen molar-refractivity contribution < 1.29 is 19.1 Å². The van der Waals surface area contributed by atoms with Gasteiger partial charge in [-0.1, -0.05) is 23.4 Å². The van der Waals surface area contributed by atoms with Crippen LogP contribution in [0.25, 0.3) is 0 Å². The molecule has 0 spiro atoms. The van der Waals surface area contributed by atoms with Gasteiger partial charge < -0.3 is 19.4 Å². The number of carbonyl (C=O) groups is 2. The molecule has 0 aliphatic carbocycles. The lowest BCUT2D eigenvalue weighted by Crippen LogP contribution is -2.16. The van der Waals surface area contributed by atoms with Crippen molar-refractivity contribution in [2.24, 2.45) is 0 Å². The van der Waals surface area contributed by atoms with Gasteiger partial charge in [0.25, 0.3) is 0 Å². The third kappa shape index (κ3) is 5.81. The first-order chi connectivity index (χ1) is 15.3.